The van der Waals surface area contributed by atoms with E-state index in [0.717, 1.165) is 5.57 Å². The maximum atomic E-state index is 12.3. The highest BCUT2D eigenvalue weighted by Crippen LogP contribution is 2.40. The number of amides is 2. The van der Waals surface area contributed by atoms with E-state index < -0.39 is 6.04 Å². The van der Waals surface area contributed by atoms with E-state index in [-0.39, 0.29) is 29.6 Å². The minimum Gasteiger partial charge on any atom is -0.484 e. The van der Waals surface area contributed by atoms with Crippen molar-refractivity contribution in [3.63, 3.8) is 0 Å². The molecule has 2 atom stereocenters. The lowest BCUT2D eigenvalue weighted by molar-refractivity contribution is -0.147. The molecule has 2 amide bonds. The van der Waals surface area contributed by atoms with Crippen LogP contribution in [0.25, 0.3) is 0 Å². The van der Waals surface area contributed by atoms with Crippen molar-refractivity contribution in [2.75, 3.05) is 12.4 Å². The molecule has 6 nitrogen and oxygen atoms in total. The highest BCUT2D eigenvalue weighted by molar-refractivity contribution is 8.00. The first-order valence-corrected chi connectivity index (χ1v) is 8.66. The SMILES string of the molecule is CC(=O)C1=C(C)CS[C@@H]2[C@H](NC(=O)COc3ccccc3)C(=O)N12. The minimum atomic E-state index is -0.607. The van der Waals surface area contributed by atoms with Crippen molar-refractivity contribution in [1.29, 1.82) is 0 Å². The van der Waals surface area contributed by atoms with Gasteiger partial charge in [-0.15, -0.1) is 11.8 Å². The molecule has 2 heterocycles. The topological polar surface area (TPSA) is 75.7 Å². The van der Waals surface area contributed by atoms with Crippen LogP contribution in [0.5, 0.6) is 5.75 Å². The first-order chi connectivity index (χ1) is 11.5. The third-order valence-electron chi connectivity index (χ3n) is 3.92. The smallest absolute Gasteiger partial charge is 0.258 e. The van der Waals surface area contributed by atoms with Gasteiger partial charge < -0.3 is 10.1 Å². The number of ether oxygens (including phenoxy) is 1. The van der Waals surface area contributed by atoms with Gasteiger partial charge in [-0.1, -0.05) is 18.2 Å². The number of ketones is 1. The molecule has 1 saturated heterocycles. The molecule has 1 aromatic rings. The van der Waals surface area contributed by atoms with Crippen molar-refractivity contribution in [2.24, 2.45) is 0 Å². The average Bonchev–Trinajstić information content (AvgIpc) is 2.58. The lowest BCUT2D eigenvalue weighted by atomic mass is 10.0. The lowest BCUT2D eigenvalue weighted by Gasteiger charge is -2.49. The maximum Gasteiger partial charge on any atom is 0.258 e. The largest absolute Gasteiger partial charge is 0.484 e. The number of carbonyl (C=O) groups excluding carboxylic acids is 3. The summed E-state index contributed by atoms with van der Waals surface area (Å²) in [5.41, 5.74) is 1.36. The molecular formula is C17H18N2O4S. The lowest BCUT2D eigenvalue weighted by Crippen LogP contribution is -2.70. The number of rotatable bonds is 5. The van der Waals surface area contributed by atoms with Crippen molar-refractivity contribution in [2.45, 2.75) is 25.3 Å². The monoisotopic (exact) mass is 346 g/mol. The van der Waals surface area contributed by atoms with Gasteiger partial charge in [-0.3, -0.25) is 19.3 Å². The Morgan fingerprint density at radius 2 is 2.04 bits per heavy atom. The van der Waals surface area contributed by atoms with Gasteiger partial charge in [0.25, 0.3) is 11.8 Å². The van der Waals surface area contributed by atoms with Crippen LogP contribution in [0.15, 0.2) is 41.6 Å². The molecule has 2 aliphatic rings. The molecule has 24 heavy (non-hydrogen) atoms. The van der Waals surface area contributed by atoms with Crippen molar-refractivity contribution in [1.82, 2.24) is 10.2 Å². The molecule has 0 bridgehead atoms. The summed E-state index contributed by atoms with van der Waals surface area (Å²) in [5.74, 6) is 0.552. The number of benzene rings is 1. The van der Waals surface area contributed by atoms with E-state index in [4.69, 9.17) is 4.74 Å². The van der Waals surface area contributed by atoms with Crippen molar-refractivity contribution in [3.8, 4) is 5.75 Å². The van der Waals surface area contributed by atoms with Gasteiger partial charge in [0.05, 0.1) is 5.70 Å². The van der Waals surface area contributed by atoms with Crippen LogP contribution in [-0.2, 0) is 14.4 Å². The number of Topliss-reactive ketones (excluding diaryl/α,β-unsaturated/α-hetero) is 1. The van der Waals surface area contributed by atoms with Crippen LogP contribution in [0.2, 0.25) is 0 Å². The first kappa shape index (κ1) is 16.6. The Morgan fingerprint density at radius 1 is 1.33 bits per heavy atom. The number of allylic oxidation sites excluding steroid dienone is 1. The van der Waals surface area contributed by atoms with Crippen LogP contribution in [0, 0.1) is 0 Å². The summed E-state index contributed by atoms with van der Waals surface area (Å²) in [7, 11) is 0. The highest BCUT2D eigenvalue weighted by Gasteiger charge is 2.52. The molecule has 126 valence electrons. The maximum absolute atomic E-state index is 12.3. The van der Waals surface area contributed by atoms with Crippen LogP contribution in [0.1, 0.15) is 13.8 Å². The molecule has 0 spiro atoms. The van der Waals surface area contributed by atoms with Crippen molar-refractivity contribution in [3.05, 3.63) is 41.6 Å². The predicted molar refractivity (Wildman–Crippen MR) is 90.3 cm³/mol. The molecule has 2 aliphatic heterocycles. The Morgan fingerprint density at radius 3 is 2.71 bits per heavy atom. The minimum absolute atomic E-state index is 0.122. The van der Waals surface area contributed by atoms with Gasteiger partial charge in [-0.05, 0) is 24.6 Å². The summed E-state index contributed by atoms with van der Waals surface area (Å²) < 4.78 is 5.38. The molecule has 0 aliphatic carbocycles. The van der Waals surface area contributed by atoms with E-state index in [9.17, 15) is 14.4 Å². The molecular weight excluding hydrogens is 328 g/mol. The first-order valence-electron chi connectivity index (χ1n) is 7.61. The second-order valence-corrected chi connectivity index (χ2v) is 6.85. The number of nitrogens with zero attached hydrogens (tertiary/aromatic N) is 1. The molecule has 1 fully saturated rings. The van der Waals surface area contributed by atoms with Crippen LogP contribution in [-0.4, -0.2) is 46.3 Å². The van der Waals surface area contributed by atoms with Gasteiger partial charge in [0.1, 0.15) is 17.2 Å². The van der Waals surface area contributed by atoms with Gasteiger partial charge >= 0.3 is 0 Å². The fourth-order valence-electron chi connectivity index (χ4n) is 2.84. The number of hydrogen-bond acceptors (Lipinski definition) is 5. The number of para-hydroxylation sites is 1. The summed E-state index contributed by atoms with van der Waals surface area (Å²) >= 11 is 1.55. The Labute approximate surface area is 144 Å². The molecule has 3 rings (SSSR count). The second-order valence-electron chi connectivity index (χ2n) is 5.74. The van der Waals surface area contributed by atoms with E-state index in [1.807, 2.05) is 25.1 Å². The third kappa shape index (κ3) is 3.03. The molecule has 1 aromatic carbocycles. The molecule has 0 aromatic heterocycles. The summed E-state index contributed by atoms with van der Waals surface area (Å²) in [6.45, 7) is 3.16. The Hall–Kier alpha value is -2.28. The van der Waals surface area contributed by atoms with Gasteiger partial charge in [-0.25, -0.2) is 0 Å². The average molecular weight is 346 g/mol. The third-order valence-corrected chi connectivity index (χ3v) is 5.35. The van der Waals surface area contributed by atoms with Gasteiger partial charge in [0, 0.05) is 12.7 Å². The fourth-order valence-corrected chi connectivity index (χ4v) is 4.13. The van der Waals surface area contributed by atoms with Crippen molar-refractivity contribution < 1.29 is 19.1 Å². The number of fused-ring (bicyclic) bond motifs is 1. The zero-order chi connectivity index (χ0) is 17.3. The Bertz CT molecular complexity index is 717. The summed E-state index contributed by atoms with van der Waals surface area (Å²) in [6, 6.07) is 8.40. The number of nitrogens with one attached hydrogen (secondary N) is 1. The van der Waals surface area contributed by atoms with E-state index in [1.165, 1.54) is 11.8 Å². The second kappa shape index (κ2) is 6.68. The quantitative estimate of drug-likeness (QED) is 0.814. The van der Waals surface area contributed by atoms with E-state index >= 15 is 0 Å². The van der Waals surface area contributed by atoms with E-state index in [0.29, 0.717) is 17.2 Å². The number of hydrogen-bond donors (Lipinski definition) is 1. The van der Waals surface area contributed by atoms with Crippen LogP contribution in [0.3, 0.4) is 0 Å². The zero-order valence-corrected chi connectivity index (χ0v) is 14.3. The predicted octanol–water partition coefficient (Wildman–Crippen LogP) is 1.33. The summed E-state index contributed by atoms with van der Waals surface area (Å²) in [4.78, 5) is 37.6. The summed E-state index contributed by atoms with van der Waals surface area (Å²) in [6.07, 6.45) is 0. The van der Waals surface area contributed by atoms with Crippen LogP contribution >= 0.6 is 11.8 Å². The van der Waals surface area contributed by atoms with Crippen LogP contribution in [0.4, 0.5) is 0 Å². The molecule has 0 unspecified atom stereocenters. The Balaban J connectivity index is 1.59. The van der Waals surface area contributed by atoms with E-state index in [2.05, 4.69) is 5.32 Å². The molecule has 0 saturated carbocycles. The number of carbonyl (C=O) groups is 3. The van der Waals surface area contributed by atoms with Crippen LogP contribution < -0.4 is 10.1 Å². The molecule has 0 radical (unpaired) electrons. The highest BCUT2D eigenvalue weighted by atomic mass is 32.2. The van der Waals surface area contributed by atoms with Crippen molar-refractivity contribution >= 4 is 29.4 Å². The fraction of sp³-hybridized carbons (Fsp3) is 0.353. The van der Waals surface area contributed by atoms with Gasteiger partial charge in [0.15, 0.2) is 12.4 Å². The van der Waals surface area contributed by atoms with E-state index in [1.54, 1.807) is 23.9 Å². The zero-order valence-electron chi connectivity index (χ0n) is 13.4. The van der Waals surface area contributed by atoms with Gasteiger partial charge in [-0.2, -0.15) is 0 Å². The Kier molecular flexibility index (Phi) is 4.62. The number of β-lactam (4-membered cyclic amide) rings is 1. The molecule has 1 N–H and O–H groups in total. The normalized spacial score (nSPS) is 22.6. The van der Waals surface area contributed by atoms with Gasteiger partial charge in [0.2, 0.25) is 0 Å². The standard InChI is InChI=1S/C17H18N2O4S/c1-10-9-24-17-14(16(22)19(17)15(10)11(2)20)18-13(21)8-23-12-6-4-3-5-7-12/h3-7,14,17H,8-9H2,1-2H3,(H,18,21)/t14-,17-/m1/s1. The summed E-state index contributed by atoms with van der Waals surface area (Å²) in [5, 5.41) is 2.48. The molecule has 7 heteroatoms. The number of thioether (sulfide) groups is 1.